The first-order chi connectivity index (χ1) is 10.5. The lowest BCUT2D eigenvalue weighted by Crippen LogP contribution is -2.38. The molecule has 2 heterocycles. The van der Waals surface area contributed by atoms with Crippen LogP contribution in [0.5, 0.6) is 0 Å². The fraction of sp³-hybridized carbons (Fsp3) is 0.429. The number of hydrogen-bond acceptors (Lipinski definition) is 4. The Balaban J connectivity index is 1.76. The van der Waals surface area contributed by atoms with Gasteiger partial charge >= 0.3 is 0 Å². The SMILES string of the molecule is Cn1cnnc1C1CCN(S(=O)(=O)c2ccccc2Br)CC1. The second-order valence-corrected chi connectivity index (χ2v) is 8.17. The lowest BCUT2D eigenvalue weighted by molar-refractivity contribution is 0.310. The van der Waals surface area contributed by atoms with E-state index in [1.807, 2.05) is 17.7 Å². The van der Waals surface area contributed by atoms with Crippen molar-refractivity contribution in [3.8, 4) is 0 Å². The minimum atomic E-state index is -3.45. The molecule has 0 unspecified atom stereocenters. The second kappa shape index (κ2) is 6.10. The molecule has 118 valence electrons. The average Bonchev–Trinajstić information content (AvgIpc) is 2.94. The predicted octanol–water partition coefficient (Wildman–Crippen LogP) is 2.15. The van der Waals surface area contributed by atoms with E-state index in [1.165, 1.54) is 0 Å². The zero-order chi connectivity index (χ0) is 15.7. The van der Waals surface area contributed by atoms with E-state index in [-0.39, 0.29) is 5.92 Å². The van der Waals surface area contributed by atoms with Crippen LogP contribution in [0.4, 0.5) is 0 Å². The zero-order valence-corrected chi connectivity index (χ0v) is 14.6. The van der Waals surface area contributed by atoms with E-state index in [0.29, 0.717) is 22.5 Å². The summed E-state index contributed by atoms with van der Waals surface area (Å²) in [6.07, 6.45) is 3.20. The summed E-state index contributed by atoms with van der Waals surface area (Å²) in [7, 11) is -1.54. The Hall–Kier alpha value is -1.25. The van der Waals surface area contributed by atoms with Gasteiger partial charge in [-0.15, -0.1) is 10.2 Å². The van der Waals surface area contributed by atoms with Gasteiger partial charge in [0.2, 0.25) is 10.0 Å². The van der Waals surface area contributed by atoms with Gasteiger partial charge in [-0.2, -0.15) is 4.31 Å². The third-order valence-electron chi connectivity index (χ3n) is 4.02. The molecule has 1 aromatic heterocycles. The molecule has 0 N–H and O–H groups in total. The van der Waals surface area contributed by atoms with Gasteiger partial charge in [-0.3, -0.25) is 0 Å². The minimum absolute atomic E-state index is 0.262. The Morgan fingerprint density at radius 1 is 1.23 bits per heavy atom. The molecule has 1 saturated heterocycles. The largest absolute Gasteiger partial charge is 0.320 e. The summed E-state index contributed by atoms with van der Waals surface area (Å²) >= 11 is 3.32. The molecule has 2 aromatic rings. The molecule has 0 bridgehead atoms. The lowest BCUT2D eigenvalue weighted by Gasteiger charge is -2.30. The van der Waals surface area contributed by atoms with Gasteiger partial charge in [0, 0.05) is 30.5 Å². The van der Waals surface area contributed by atoms with Crippen molar-refractivity contribution in [1.82, 2.24) is 19.1 Å². The van der Waals surface area contributed by atoms with E-state index in [0.717, 1.165) is 18.7 Å². The number of hydrogen-bond donors (Lipinski definition) is 0. The average molecular weight is 385 g/mol. The quantitative estimate of drug-likeness (QED) is 0.812. The Morgan fingerprint density at radius 2 is 1.91 bits per heavy atom. The van der Waals surface area contributed by atoms with Crippen LogP contribution in [0.2, 0.25) is 0 Å². The van der Waals surface area contributed by atoms with Gasteiger partial charge in [0.05, 0.1) is 4.90 Å². The summed E-state index contributed by atoms with van der Waals surface area (Å²) in [6, 6.07) is 6.93. The molecule has 0 spiro atoms. The number of piperidine rings is 1. The van der Waals surface area contributed by atoms with Gasteiger partial charge in [0.25, 0.3) is 0 Å². The fourth-order valence-electron chi connectivity index (χ4n) is 2.81. The van der Waals surface area contributed by atoms with Crippen LogP contribution in [0.3, 0.4) is 0 Å². The number of nitrogens with zero attached hydrogens (tertiary/aromatic N) is 4. The number of aromatic nitrogens is 3. The highest BCUT2D eigenvalue weighted by molar-refractivity contribution is 9.10. The molecule has 1 aliphatic rings. The number of sulfonamides is 1. The Labute approximate surface area is 138 Å². The maximum atomic E-state index is 12.7. The first-order valence-corrected chi connectivity index (χ1v) is 9.32. The van der Waals surface area contributed by atoms with Gasteiger partial charge in [-0.1, -0.05) is 12.1 Å². The van der Waals surface area contributed by atoms with Gasteiger partial charge in [-0.25, -0.2) is 8.42 Å². The monoisotopic (exact) mass is 384 g/mol. The third kappa shape index (κ3) is 2.82. The summed E-state index contributed by atoms with van der Waals surface area (Å²) < 4.78 is 29.5. The molecule has 6 nitrogen and oxygen atoms in total. The van der Waals surface area contributed by atoms with Gasteiger partial charge in [0.1, 0.15) is 12.2 Å². The van der Waals surface area contributed by atoms with Crippen LogP contribution in [-0.2, 0) is 17.1 Å². The van der Waals surface area contributed by atoms with Crippen LogP contribution in [0.25, 0.3) is 0 Å². The topological polar surface area (TPSA) is 68.1 Å². The normalized spacial score (nSPS) is 17.7. The zero-order valence-electron chi connectivity index (χ0n) is 12.2. The van der Waals surface area contributed by atoms with Crippen molar-refractivity contribution in [2.75, 3.05) is 13.1 Å². The standard InChI is InChI=1S/C14H17BrN4O2S/c1-18-10-16-17-14(18)11-6-8-19(9-7-11)22(20,21)13-5-3-2-4-12(13)15/h2-5,10-11H,6-9H2,1H3. The minimum Gasteiger partial charge on any atom is -0.320 e. The molecular weight excluding hydrogens is 368 g/mol. The second-order valence-electron chi connectivity index (χ2n) is 5.41. The summed E-state index contributed by atoms with van der Waals surface area (Å²) in [6.45, 7) is 1.00. The van der Waals surface area contributed by atoms with E-state index >= 15 is 0 Å². The first-order valence-electron chi connectivity index (χ1n) is 7.08. The summed E-state index contributed by atoms with van der Waals surface area (Å²) in [5.41, 5.74) is 0. The number of halogens is 1. The maximum Gasteiger partial charge on any atom is 0.244 e. The van der Waals surface area contributed by atoms with Crippen molar-refractivity contribution >= 4 is 26.0 Å². The van der Waals surface area contributed by atoms with Crippen molar-refractivity contribution in [3.05, 3.63) is 40.9 Å². The van der Waals surface area contributed by atoms with Crippen molar-refractivity contribution in [1.29, 1.82) is 0 Å². The number of aryl methyl sites for hydroxylation is 1. The molecule has 0 aliphatic carbocycles. The van der Waals surface area contributed by atoms with Crippen LogP contribution >= 0.6 is 15.9 Å². The number of benzene rings is 1. The lowest BCUT2D eigenvalue weighted by atomic mass is 9.97. The molecule has 1 fully saturated rings. The van der Waals surface area contributed by atoms with E-state index < -0.39 is 10.0 Å². The molecule has 8 heteroatoms. The highest BCUT2D eigenvalue weighted by Crippen LogP contribution is 2.31. The molecule has 0 atom stereocenters. The summed E-state index contributed by atoms with van der Waals surface area (Å²) in [5, 5.41) is 8.04. The van der Waals surface area contributed by atoms with Crippen LogP contribution in [-0.4, -0.2) is 40.6 Å². The van der Waals surface area contributed by atoms with Crippen molar-refractivity contribution in [2.24, 2.45) is 7.05 Å². The third-order valence-corrected chi connectivity index (χ3v) is 6.93. The number of rotatable bonds is 3. The molecule has 0 amide bonds. The summed E-state index contributed by atoms with van der Waals surface area (Å²) in [5.74, 6) is 1.19. The fourth-order valence-corrected chi connectivity index (χ4v) is 5.24. The van der Waals surface area contributed by atoms with E-state index in [9.17, 15) is 8.42 Å². The molecule has 1 aromatic carbocycles. The molecule has 22 heavy (non-hydrogen) atoms. The predicted molar refractivity (Wildman–Crippen MR) is 85.9 cm³/mol. The van der Waals surface area contributed by atoms with Gasteiger partial charge < -0.3 is 4.57 Å². The Morgan fingerprint density at radius 3 is 2.50 bits per heavy atom. The van der Waals surface area contributed by atoms with Crippen molar-refractivity contribution in [3.63, 3.8) is 0 Å². The van der Waals surface area contributed by atoms with E-state index in [2.05, 4.69) is 26.1 Å². The van der Waals surface area contributed by atoms with E-state index in [4.69, 9.17) is 0 Å². The van der Waals surface area contributed by atoms with Crippen LogP contribution < -0.4 is 0 Å². The molecule has 1 aliphatic heterocycles. The van der Waals surface area contributed by atoms with E-state index in [1.54, 1.807) is 28.8 Å². The van der Waals surface area contributed by atoms with Crippen molar-refractivity contribution in [2.45, 2.75) is 23.7 Å². The van der Waals surface area contributed by atoms with Gasteiger partial charge in [-0.05, 0) is 40.9 Å². The molecule has 3 rings (SSSR count). The van der Waals surface area contributed by atoms with Gasteiger partial charge in [0.15, 0.2) is 0 Å². The maximum absolute atomic E-state index is 12.7. The van der Waals surface area contributed by atoms with Crippen LogP contribution in [0.1, 0.15) is 24.6 Å². The van der Waals surface area contributed by atoms with Crippen molar-refractivity contribution < 1.29 is 8.42 Å². The van der Waals surface area contributed by atoms with Crippen LogP contribution in [0, 0.1) is 0 Å². The highest BCUT2D eigenvalue weighted by atomic mass is 79.9. The summed E-state index contributed by atoms with van der Waals surface area (Å²) in [4.78, 5) is 0.326. The van der Waals surface area contributed by atoms with Crippen LogP contribution in [0.15, 0.2) is 40.0 Å². The Bertz CT molecular complexity index is 767. The molecular formula is C14H17BrN4O2S. The molecule has 0 radical (unpaired) electrons. The first kappa shape index (κ1) is 15.6. The Kier molecular flexibility index (Phi) is 4.33. The smallest absolute Gasteiger partial charge is 0.244 e. The molecule has 0 saturated carbocycles. The highest BCUT2D eigenvalue weighted by Gasteiger charge is 2.32.